The molecule has 106 valence electrons. The first kappa shape index (κ1) is 14.5. The molecule has 2 aromatic rings. The van der Waals surface area contributed by atoms with Gasteiger partial charge >= 0.3 is 0 Å². The van der Waals surface area contributed by atoms with Crippen molar-refractivity contribution in [2.75, 3.05) is 7.11 Å². The molecule has 1 unspecified atom stereocenters. The van der Waals surface area contributed by atoms with Crippen LogP contribution in [0.3, 0.4) is 0 Å². The van der Waals surface area contributed by atoms with E-state index >= 15 is 0 Å². The average Bonchev–Trinajstić information content (AvgIpc) is 2.37. The molecule has 1 atom stereocenters. The molecule has 0 saturated heterocycles. The maximum atomic E-state index is 14.2. The van der Waals surface area contributed by atoms with Gasteiger partial charge in [0.1, 0.15) is 11.6 Å². The first-order chi connectivity index (χ1) is 9.43. The van der Waals surface area contributed by atoms with Crippen LogP contribution in [-0.2, 0) is 0 Å². The summed E-state index contributed by atoms with van der Waals surface area (Å²) in [4.78, 5) is 0. The Morgan fingerprint density at radius 2 is 1.75 bits per heavy atom. The van der Waals surface area contributed by atoms with Crippen LogP contribution >= 0.6 is 0 Å². The zero-order valence-corrected chi connectivity index (χ0v) is 12.3. The van der Waals surface area contributed by atoms with Gasteiger partial charge in [0.05, 0.1) is 13.2 Å². The smallest absolute Gasteiger partial charge is 0.128 e. The van der Waals surface area contributed by atoms with Crippen molar-refractivity contribution in [3.63, 3.8) is 0 Å². The van der Waals surface area contributed by atoms with E-state index in [1.807, 2.05) is 45.0 Å². The standard InChI is InChI=1S/C17H20FNO/c1-10-5-6-13(15(9-10)20-4)17(19)16-12(3)7-11(2)8-14(16)18/h5-9,17H,19H2,1-4H3. The molecule has 2 N–H and O–H groups in total. The van der Waals surface area contributed by atoms with Gasteiger partial charge in [-0.3, -0.25) is 0 Å². The quantitative estimate of drug-likeness (QED) is 0.923. The van der Waals surface area contributed by atoms with Crippen LogP contribution in [0, 0.1) is 26.6 Å². The lowest BCUT2D eigenvalue weighted by molar-refractivity contribution is 0.407. The molecular formula is C17H20FNO. The normalized spacial score (nSPS) is 12.3. The highest BCUT2D eigenvalue weighted by molar-refractivity contribution is 5.46. The fourth-order valence-electron chi connectivity index (χ4n) is 2.55. The van der Waals surface area contributed by atoms with Crippen molar-refractivity contribution in [3.05, 3.63) is 64.0 Å². The molecule has 0 bridgehead atoms. The SMILES string of the molecule is COc1cc(C)ccc1C(N)c1c(C)cc(C)cc1F. The van der Waals surface area contributed by atoms with E-state index in [-0.39, 0.29) is 5.82 Å². The van der Waals surface area contributed by atoms with E-state index < -0.39 is 6.04 Å². The predicted molar refractivity (Wildman–Crippen MR) is 79.6 cm³/mol. The van der Waals surface area contributed by atoms with Gasteiger partial charge in [-0.15, -0.1) is 0 Å². The first-order valence-corrected chi connectivity index (χ1v) is 6.60. The van der Waals surface area contributed by atoms with E-state index in [0.29, 0.717) is 11.3 Å². The lowest BCUT2D eigenvalue weighted by Crippen LogP contribution is -2.16. The van der Waals surface area contributed by atoms with Crippen LogP contribution in [0.15, 0.2) is 30.3 Å². The van der Waals surface area contributed by atoms with E-state index in [0.717, 1.165) is 22.3 Å². The molecule has 0 saturated carbocycles. The Labute approximate surface area is 119 Å². The van der Waals surface area contributed by atoms with Gasteiger partial charge in [0.15, 0.2) is 0 Å². The molecule has 0 fully saturated rings. The molecule has 0 aliphatic rings. The minimum Gasteiger partial charge on any atom is -0.496 e. The van der Waals surface area contributed by atoms with Crippen molar-refractivity contribution in [1.29, 1.82) is 0 Å². The monoisotopic (exact) mass is 273 g/mol. The minimum absolute atomic E-state index is 0.266. The second kappa shape index (κ2) is 5.63. The van der Waals surface area contributed by atoms with E-state index in [2.05, 4.69) is 0 Å². The number of rotatable bonds is 3. The number of ether oxygens (including phenoxy) is 1. The highest BCUT2D eigenvalue weighted by atomic mass is 19.1. The molecule has 0 radical (unpaired) electrons. The summed E-state index contributed by atoms with van der Waals surface area (Å²) in [5, 5.41) is 0. The second-order valence-corrected chi connectivity index (χ2v) is 5.20. The van der Waals surface area contributed by atoms with Crippen LogP contribution in [0.4, 0.5) is 4.39 Å². The van der Waals surface area contributed by atoms with Crippen molar-refractivity contribution in [1.82, 2.24) is 0 Å². The van der Waals surface area contributed by atoms with Crippen LogP contribution in [0.1, 0.15) is 33.9 Å². The van der Waals surface area contributed by atoms with E-state index in [9.17, 15) is 4.39 Å². The van der Waals surface area contributed by atoms with Gasteiger partial charge in [-0.25, -0.2) is 4.39 Å². The Morgan fingerprint density at radius 1 is 1.05 bits per heavy atom. The summed E-state index contributed by atoms with van der Waals surface area (Å²) in [5.41, 5.74) is 10.4. The minimum atomic E-state index is -0.536. The average molecular weight is 273 g/mol. The molecule has 0 aliphatic heterocycles. The lowest BCUT2D eigenvalue weighted by Gasteiger charge is -2.19. The maximum Gasteiger partial charge on any atom is 0.128 e. The summed E-state index contributed by atoms with van der Waals surface area (Å²) in [7, 11) is 1.60. The zero-order chi connectivity index (χ0) is 14.9. The van der Waals surface area contributed by atoms with Crippen LogP contribution in [-0.4, -0.2) is 7.11 Å². The van der Waals surface area contributed by atoms with Crippen LogP contribution in [0.2, 0.25) is 0 Å². The van der Waals surface area contributed by atoms with Gasteiger partial charge in [0, 0.05) is 11.1 Å². The highest BCUT2D eigenvalue weighted by Crippen LogP contribution is 2.32. The molecular weight excluding hydrogens is 253 g/mol. The molecule has 2 aromatic carbocycles. The number of benzene rings is 2. The zero-order valence-electron chi connectivity index (χ0n) is 12.3. The summed E-state index contributed by atoms with van der Waals surface area (Å²) in [6.45, 7) is 5.74. The number of nitrogens with two attached hydrogens (primary N) is 1. The fourth-order valence-corrected chi connectivity index (χ4v) is 2.55. The number of methoxy groups -OCH3 is 1. The van der Waals surface area contributed by atoms with Crippen molar-refractivity contribution >= 4 is 0 Å². The van der Waals surface area contributed by atoms with Gasteiger partial charge in [0.2, 0.25) is 0 Å². The summed E-state index contributed by atoms with van der Waals surface area (Å²) in [6.07, 6.45) is 0. The summed E-state index contributed by atoms with van der Waals surface area (Å²) in [6, 6.07) is 8.70. The number of halogens is 1. The number of hydrogen-bond donors (Lipinski definition) is 1. The fraction of sp³-hybridized carbons (Fsp3) is 0.294. The van der Waals surface area contributed by atoms with Gasteiger partial charge in [-0.05, 0) is 49.6 Å². The first-order valence-electron chi connectivity index (χ1n) is 6.60. The van der Waals surface area contributed by atoms with Crippen LogP contribution < -0.4 is 10.5 Å². The molecule has 0 aromatic heterocycles. The Balaban J connectivity index is 2.54. The summed E-state index contributed by atoms with van der Waals surface area (Å²) >= 11 is 0. The Bertz CT molecular complexity index is 614. The molecule has 3 heteroatoms. The Morgan fingerprint density at radius 3 is 2.35 bits per heavy atom. The predicted octanol–water partition coefficient (Wildman–Crippen LogP) is 3.81. The summed E-state index contributed by atoms with van der Waals surface area (Å²) < 4.78 is 19.6. The van der Waals surface area contributed by atoms with Gasteiger partial charge in [-0.1, -0.05) is 18.2 Å². The second-order valence-electron chi connectivity index (χ2n) is 5.20. The maximum absolute atomic E-state index is 14.2. The van der Waals surface area contributed by atoms with Crippen molar-refractivity contribution in [3.8, 4) is 5.75 Å². The highest BCUT2D eigenvalue weighted by Gasteiger charge is 2.20. The Kier molecular flexibility index (Phi) is 4.09. The third-order valence-electron chi connectivity index (χ3n) is 3.52. The molecule has 2 nitrogen and oxygen atoms in total. The molecule has 0 amide bonds. The van der Waals surface area contributed by atoms with Crippen LogP contribution in [0.25, 0.3) is 0 Å². The third kappa shape index (κ3) is 2.68. The van der Waals surface area contributed by atoms with Crippen molar-refractivity contribution < 1.29 is 9.13 Å². The van der Waals surface area contributed by atoms with Crippen LogP contribution in [0.5, 0.6) is 5.75 Å². The molecule has 0 heterocycles. The van der Waals surface area contributed by atoms with E-state index in [4.69, 9.17) is 10.5 Å². The molecule has 0 aliphatic carbocycles. The molecule has 2 rings (SSSR count). The largest absolute Gasteiger partial charge is 0.496 e. The topological polar surface area (TPSA) is 35.2 Å². The van der Waals surface area contributed by atoms with E-state index in [1.165, 1.54) is 6.07 Å². The molecule has 20 heavy (non-hydrogen) atoms. The van der Waals surface area contributed by atoms with Crippen molar-refractivity contribution in [2.45, 2.75) is 26.8 Å². The number of hydrogen-bond acceptors (Lipinski definition) is 2. The van der Waals surface area contributed by atoms with Gasteiger partial charge in [-0.2, -0.15) is 0 Å². The van der Waals surface area contributed by atoms with Gasteiger partial charge < -0.3 is 10.5 Å². The Hall–Kier alpha value is -1.87. The summed E-state index contributed by atoms with van der Waals surface area (Å²) in [5.74, 6) is 0.425. The third-order valence-corrected chi connectivity index (χ3v) is 3.52. The van der Waals surface area contributed by atoms with Crippen molar-refractivity contribution in [2.24, 2.45) is 5.73 Å². The van der Waals surface area contributed by atoms with E-state index in [1.54, 1.807) is 7.11 Å². The lowest BCUT2D eigenvalue weighted by atomic mass is 9.93. The number of aryl methyl sites for hydroxylation is 3. The van der Waals surface area contributed by atoms with Gasteiger partial charge in [0.25, 0.3) is 0 Å². The molecule has 0 spiro atoms.